The number of benzene rings is 2. The van der Waals surface area contributed by atoms with Crippen molar-refractivity contribution in [1.29, 1.82) is 0 Å². The van der Waals surface area contributed by atoms with Crippen LogP contribution in [0.3, 0.4) is 0 Å². The fraction of sp³-hybridized carbons (Fsp3) is 0.412. The molecular weight excluding hydrogens is 284 g/mol. The van der Waals surface area contributed by atoms with Crippen molar-refractivity contribution in [2.75, 3.05) is 11.5 Å². The highest BCUT2D eigenvalue weighted by Crippen LogP contribution is 2.34. The van der Waals surface area contributed by atoms with E-state index in [9.17, 15) is 5.11 Å². The van der Waals surface area contributed by atoms with Crippen LogP contribution in [0.5, 0.6) is 0 Å². The number of fused-ring (bicyclic) bond motifs is 1. The predicted octanol–water partition coefficient (Wildman–Crippen LogP) is 3.98. The van der Waals surface area contributed by atoms with Gasteiger partial charge in [0.15, 0.2) is 0 Å². The molecular formula is C17H20OS2. The normalized spacial score (nSPS) is 24.7. The van der Waals surface area contributed by atoms with Gasteiger partial charge in [-0.1, -0.05) is 49.4 Å². The number of rotatable bonds is 3. The summed E-state index contributed by atoms with van der Waals surface area (Å²) in [4.78, 5) is 0. The molecule has 2 aromatic rings. The summed E-state index contributed by atoms with van der Waals surface area (Å²) in [6, 6.07) is 14.8. The Bertz CT molecular complexity index is 579. The average Bonchev–Trinajstić information content (AvgIpc) is 2.48. The van der Waals surface area contributed by atoms with Crippen molar-refractivity contribution in [1.82, 2.24) is 0 Å². The lowest BCUT2D eigenvalue weighted by atomic mass is 9.98. The maximum atomic E-state index is 10.6. The Hall–Kier alpha value is -0.640. The van der Waals surface area contributed by atoms with Crippen LogP contribution in [0.2, 0.25) is 0 Å². The Morgan fingerprint density at radius 2 is 1.85 bits per heavy atom. The van der Waals surface area contributed by atoms with Crippen LogP contribution < -0.4 is 0 Å². The van der Waals surface area contributed by atoms with E-state index in [0.717, 1.165) is 12.2 Å². The van der Waals surface area contributed by atoms with Gasteiger partial charge in [-0.15, -0.1) is 0 Å². The second-order valence-corrected chi connectivity index (χ2v) is 8.09. The number of hydrogen-bond donors (Lipinski definition) is 1. The third kappa shape index (κ3) is 3.00. The van der Waals surface area contributed by atoms with E-state index in [4.69, 9.17) is 0 Å². The molecule has 0 amide bonds. The highest BCUT2D eigenvalue weighted by Gasteiger charge is 2.29. The van der Waals surface area contributed by atoms with Crippen LogP contribution in [0.1, 0.15) is 12.5 Å². The van der Waals surface area contributed by atoms with Crippen LogP contribution >= 0.6 is 23.5 Å². The Labute approximate surface area is 129 Å². The van der Waals surface area contributed by atoms with Gasteiger partial charge >= 0.3 is 0 Å². The maximum Gasteiger partial charge on any atom is 0.0709 e. The van der Waals surface area contributed by atoms with Crippen molar-refractivity contribution in [2.45, 2.75) is 29.9 Å². The summed E-state index contributed by atoms with van der Waals surface area (Å²) < 4.78 is 0. The van der Waals surface area contributed by atoms with E-state index in [-0.39, 0.29) is 6.10 Å². The summed E-state index contributed by atoms with van der Waals surface area (Å²) in [7, 11) is 0. The number of hydrogen-bond acceptors (Lipinski definition) is 3. The molecule has 0 bridgehead atoms. The highest BCUT2D eigenvalue weighted by molar-refractivity contribution is 8.07. The van der Waals surface area contributed by atoms with Crippen molar-refractivity contribution in [3.63, 3.8) is 0 Å². The lowest BCUT2D eigenvalue weighted by Gasteiger charge is -2.31. The van der Waals surface area contributed by atoms with Crippen LogP contribution in [0.25, 0.3) is 10.8 Å². The molecule has 2 aromatic carbocycles. The zero-order valence-electron chi connectivity index (χ0n) is 11.7. The Morgan fingerprint density at radius 1 is 1.10 bits per heavy atom. The molecule has 3 unspecified atom stereocenters. The summed E-state index contributed by atoms with van der Waals surface area (Å²) in [6.45, 7) is 2.24. The molecule has 106 valence electrons. The SMILES string of the molecule is CC1SCCSC1C(O)Cc1cccc2ccccc12. The van der Waals surface area contributed by atoms with Crippen LogP contribution in [-0.2, 0) is 6.42 Å². The summed E-state index contributed by atoms with van der Waals surface area (Å²) in [5.74, 6) is 2.37. The van der Waals surface area contributed by atoms with Gasteiger partial charge in [-0.05, 0) is 16.3 Å². The Morgan fingerprint density at radius 3 is 2.70 bits per heavy atom. The molecule has 1 saturated heterocycles. The van der Waals surface area contributed by atoms with E-state index in [0.29, 0.717) is 10.5 Å². The van der Waals surface area contributed by atoms with Crippen molar-refractivity contribution < 1.29 is 5.11 Å². The fourth-order valence-electron chi connectivity index (χ4n) is 2.88. The molecule has 0 aromatic heterocycles. The van der Waals surface area contributed by atoms with Gasteiger partial charge in [-0.3, -0.25) is 0 Å². The van der Waals surface area contributed by atoms with E-state index >= 15 is 0 Å². The molecule has 3 heteroatoms. The van der Waals surface area contributed by atoms with E-state index in [2.05, 4.69) is 49.4 Å². The van der Waals surface area contributed by atoms with E-state index in [1.807, 2.05) is 23.5 Å². The number of aliphatic hydroxyl groups is 1. The van der Waals surface area contributed by atoms with E-state index < -0.39 is 0 Å². The second kappa shape index (κ2) is 6.42. The minimum absolute atomic E-state index is 0.256. The minimum Gasteiger partial charge on any atom is -0.392 e. The fourth-order valence-corrected chi connectivity index (χ4v) is 5.73. The topological polar surface area (TPSA) is 20.2 Å². The zero-order valence-corrected chi connectivity index (χ0v) is 13.3. The van der Waals surface area contributed by atoms with Crippen molar-refractivity contribution in [2.24, 2.45) is 0 Å². The molecule has 0 radical (unpaired) electrons. The second-order valence-electron chi connectivity index (χ2n) is 5.32. The largest absolute Gasteiger partial charge is 0.392 e. The molecule has 1 N–H and O–H groups in total. The monoisotopic (exact) mass is 304 g/mol. The van der Waals surface area contributed by atoms with E-state index in [1.165, 1.54) is 22.1 Å². The number of thioether (sulfide) groups is 2. The first-order valence-corrected chi connectivity index (χ1v) is 9.23. The first-order valence-electron chi connectivity index (χ1n) is 7.13. The first-order chi connectivity index (χ1) is 9.75. The van der Waals surface area contributed by atoms with Gasteiger partial charge in [0.05, 0.1) is 6.10 Å². The zero-order chi connectivity index (χ0) is 13.9. The lowest BCUT2D eigenvalue weighted by Crippen LogP contribution is -2.36. The molecule has 1 fully saturated rings. The minimum atomic E-state index is -0.256. The van der Waals surface area contributed by atoms with Gasteiger partial charge in [0.25, 0.3) is 0 Å². The molecule has 3 atom stereocenters. The summed E-state index contributed by atoms with van der Waals surface area (Å²) in [5, 5.41) is 14.1. The van der Waals surface area contributed by atoms with Crippen LogP contribution in [0, 0.1) is 0 Å². The number of aliphatic hydroxyl groups excluding tert-OH is 1. The average molecular weight is 304 g/mol. The smallest absolute Gasteiger partial charge is 0.0709 e. The Kier molecular flexibility index (Phi) is 4.59. The maximum absolute atomic E-state index is 10.6. The molecule has 0 saturated carbocycles. The van der Waals surface area contributed by atoms with E-state index in [1.54, 1.807) is 0 Å². The molecule has 0 spiro atoms. The van der Waals surface area contributed by atoms with Gasteiger partial charge in [0, 0.05) is 28.4 Å². The molecule has 1 heterocycles. The predicted molar refractivity (Wildman–Crippen MR) is 91.8 cm³/mol. The van der Waals surface area contributed by atoms with Crippen molar-refractivity contribution >= 4 is 34.3 Å². The standard InChI is InChI=1S/C17H20OS2/c1-12-17(20-10-9-19-12)16(18)11-14-7-4-6-13-5-2-3-8-15(13)14/h2-8,12,16-18H,9-11H2,1H3. The van der Waals surface area contributed by atoms with Gasteiger partial charge < -0.3 is 5.11 Å². The lowest BCUT2D eigenvalue weighted by molar-refractivity contribution is 0.171. The van der Waals surface area contributed by atoms with Crippen LogP contribution in [-0.4, -0.2) is 33.2 Å². The molecule has 20 heavy (non-hydrogen) atoms. The highest BCUT2D eigenvalue weighted by atomic mass is 32.2. The molecule has 1 aliphatic rings. The quantitative estimate of drug-likeness (QED) is 0.926. The first kappa shape index (κ1) is 14.3. The van der Waals surface area contributed by atoms with Gasteiger partial charge in [0.2, 0.25) is 0 Å². The van der Waals surface area contributed by atoms with Gasteiger partial charge in [-0.25, -0.2) is 0 Å². The van der Waals surface area contributed by atoms with Gasteiger partial charge in [0.1, 0.15) is 0 Å². The summed E-state index contributed by atoms with van der Waals surface area (Å²) in [6.07, 6.45) is 0.498. The third-order valence-electron chi connectivity index (χ3n) is 3.93. The summed E-state index contributed by atoms with van der Waals surface area (Å²) >= 11 is 3.92. The van der Waals surface area contributed by atoms with Crippen molar-refractivity contribution in [3.05, 3.63) is 48.0 Å². The molecule has 3 rings (SSSR count). The van der Waals surface area contributed by atoms with Gasteiger partial charge in [-0.2, -0.15) is 23.5 Å². The van der Waals surface area contributed by atoms with Crippen LogP contribution in [0.4, 0.5) is 0 Å². The third-order valence-corrected chi connectivity index (χ3v) is 7.16. The molecule has 1 nitrogen and oxygen atoms in total. The van der Waals surface area contributed by atoms with Crippen molar-refractivity contribution in [3.8, 4) is 0 Å². The summed E-state index contributed by atoms with van der Waals surface area (Å²) in [5.41, 5.74) is 1.26. The molecule has 1 aliphatic heterocycles. The molecule has 0 aliphatic carbocycles. The van der Waals surface area contributed by atoms with Crippen LogP contribution in [0.15, 0.2) is 42.5 Å². The Balaban J connectivity index is 1.82.